The molecular weight excluding hydrogens is 258 g/mol. The number of anilines is 1. The topological polar surface area (TPSA) is 95.1 Å². The van der Waals surface area contributed by atoms with E-state index in [9.17, 15) is 10.1 Å². The SMILES string of the molecule is CCN1CCC(Nc2nccc(C#N)c2[N+](=O)[O-])CC1. The zero-order valence-corrected chi connectivity index (χ0v) is 11.4. The predicted octanol–water partition coefficient (Wildman–Crippen LogP) is 1.76. The molecule has 0 radical (unpaired) electrons. The third-order valence-corrected chi connectivity index (χ3v) is 3.60. The van der Waals surface area contributed by atoms with Crippen molar-refractivity contribution in [3.63, 3.8) is 0 Å². The Kier molecular flexibility index (Phi) is 4.48. The second kappa shape index (κ2) is 6.30. The van der Waals surface area contributed by atoms with Crippen LogP contribution in [0.1, 0.15) is 25.3 Å². The lowest BCUT2D eigenvalue weighted by molar-refractivity contribution is -0.384. The molecule has 0 saturated carbocycles. The van der Waals surface area contributed by atoms with Gasteiger partial charge in [0.2, 0.25) is 5.82 Å². The molecule has 2 rings (SSSR count). The molecule has 1 N–H and O–H groups in total. The maximum Gasteiger partial charge on any atom is 0.328 e. The quantitative estimate of drug-likeness (QED) is 0.664. The molecule has 1 aromatic heterocycles. The Balaban J connectivity index is 2.14. The van der Waals surface area contributed by atoms with Crippen molar-refractivity contribution in [2.45, 2.75) is 25.8 Å². The first kappa shape index (κ1) is 14.2. The summed E-state index contributed by atoms with van der Waals surface area (Å²) in [6.45, 7) is 5.09. The molecule has 7 nitrogen and oxygen atoms in total. The molecule has 1 saturated heterocycles. The predicted molar refractivity (Wildman–Crippen MR) is 74.4 cm³/mol. The minimum Gasteiger partial charge on any atom is -0.361 e. The molecule has 7 heteroatoms. The molecule has 0 amide bonds. The van der Waals surface area contributed by atoms with Crippen LogP contribution in [0.3, 0.4) is 0 Å². The number of hydrogen-bond acceptors (Lipinski definition) is 6. The fourth-order valence-electron chi connectivity index (χ4n) is 2.42. The average Bonchev–Trinajstić information content (AvgIpc) is 2.47. The summed E-state index contributed by atoms with van der Waals surface area (Å²) in [6, 6.07) is 3.37. The number of likely N-dealkylation sites (tertiary alicyclic amines) is 1. The van der Waals surface area contributed by atoms with Crippen LogP contribution in [0.2, 0.25) is 0 Å². The van der Waals surface area contributed by atoms with Crippen molar-refractivity contribution in [3.05, 3.63) is 27.9 Å². The van der Waals surface area contributed by atoms with Crippen molar-refractivity contribution in [2.75, 3.05) is 25.0 Å². The Morgan fingerprint density at radius 3 is 2.85 bits per heavy atom. The molecule has 2 heterocycles. The molecule has 106 valence electrons. The summed E-state index contributed by atoms with van der Waals surface area (Å²) in [7, 11) is 0. The number of rotatable bonds is 4. The van der Waals surface area contributed by atoms with Crippen LogP contribution in [0.5, 0.6) is 0 Å². The van der Waals surface area contributed by atoms with Gasteiger partial charge in [0.1, 0.15) is 11.6 Å². The van der Waals surface area contributed by atoms with Gasteiger partial charge < -0.3 is 10.2 Å². The van der Waals surface area contributed by atoms with Gasteiger partial charge >= 0.3 is 5.69 Å². The molecule has 1 aliphatic heterocycles. The van der Waals surface area contributed by atoms with Gasteiger partial charge in [0.15, 0.2) is 0 Å². The van der Waals surface area contributed by atoms with Crippen molar-refractivity contribution < 1.29 is 4.92 Å². The standard InChI is InChI=1S/C13H17N5O2/c1-2-17-7-4-11(5-8-17)16-13-12(18(19)20)10(9-14)3-6-15-13/h3,6,11H,2,4-5,7-8H2,1H3,(H,15,16). The normalized spacial score (nSPS) is 16.6. The maximum absolute atomic E-state index is 11.1. The van der Waals surface area contributed by atoms with Crippen LogP contribution >= 0.6 is 0 Å². The highest BCUT2D eigenvalue weighted by Gasteiger charge is 2.25. The minimum absolute atomic E-state index is 0.0403. The number of piperidine rings is 1. The molecule has 0 unspecified atom stereocenters. The highest BCUT2D eigenvalue weighted by molar-refractivity contribution is 5.64. The minimum atomic E-state index is -0.547. The lowest BCUT2D eigenvalue weighted by Crippen LogP contribution is -2.39. The second-order valence-corrected chi connectivity index (χ2v) is 4.78. The van der Waals surface area contributed by atoms with Crippen LogP contribution in [0.15, 0.2) is 12.3 Å². The summed E-state index contributed by atoms with van der Waals surface area (Å²) in [5.41, 5.74) is -0.189. The van der Waals surface area contributed by atoms with Gasteiger partial charge in [0.05, 0.1) is 4.92 Å². The van der Waals surface area contributed by atoms with Gasteiger partial charge in [-0.2, -0.15) is 5.26 Å². The van der Waals surface area contributed by atoms with Crippen LogP contribution in [0.4, 0.5) is 11.5 Å². The van der Waals surface area contributed by atoms with Crippen molar-refractivity contribution in [3.8, 4) is 6.07 Å². The van der Waals surface area contributed by atoms with E-state index in [1.54, 1.807) is 0 Å². The Labute approximate surface area is 117 Å². The van der Waals surface area contributed by atoms with Gasteiger partial charge in [-0.1, -0.05) is 6.92 Å². The smallest absolute Gasteiger partial charge is 0.328 e. The molecule has 0 bridgehead atoms. The van der Waals surface area contributed by atoms with E-state index >= 15 is 0 Å². The summed E-state index contributed by atoms with van der Waals surface area (Å²) in [4.78, 5) is 16.9. The average molecular weight is 275 g/mol. The Hall–Kier alpha value is -2.20. The first-order chi connectivity index (χ1) is 9.65. The summed E-state index contributed by atoms with van der Waals surface area (Å²) in [5.74, 6) is 0.198. The highest BCUT2D eigenvalue weighted by Crippen LogP contribution is 2.27. The molecule has 0 aliphatic carbocycles. The lowest BCUT2D eigenvalue weighted by Gasteiger charge is -2.31. The molecule has 1 aromatic rings. The van der Waals surface area contributed by atoms with Gasteiger partial charge in [-0.3, -0.25) is 10.1 Å². The zero-order chi connectivity index (χ0) is 14.5. The molecule has 0 spiro atoms. The number of aromatic nitrogens is 1. The van der Waals surface area contributed by atoms with Gasteiger partial charge in [-0.25, -0.2) is 4.98 Å². The third kappa shape index (κ3) is 3.03. The Bertz CT molecular complexity index is 532. The molecule has 1 aliphatic rings. The maximum atomic E-state index is 11.1. The van der Waals surface area contributed by atoms with E-state index in [1.165, 1.54) is 12.3 Å². The van der Waals surface area contributed by atoms with Gasteiger partial charge in [0.25, 0.3) is 0 Å². The fourth-order valence-corrected chi connectivity index (χ4v) is 2.42. The van der Waals surface area contributed by atoms with Crippen LogP contribution in [0, 0.1) is 21.4 Å². The summed E-state index contributed by atoms with van der Waals surface area (Å²) in [6.07, 6.45) is 3.27. The van der Waals surface area contributed by atoms with Crippen LogP contribution < -0.4 is 5.32 Å². The van der Waals surface area contributed by atoms with Gasteiger partial charge in [0, 0.05) is 25.3 Å². The lowest BCUT2D eigenvalue weighted by atomic mass is 10.0. The first-order valence-corrected chi connectivity index (χ1v) is 6.68. The number of pyridine rings is 1. The van der Waals surface area contributed by atoms with Gasteiger partial charge in [-0.15, -0.1) is 0 Å². The molecule has 0 atom stereocenters. The number of hydrogen-bond donors (Lipinski definition) is 1. The van der Waals surface area contributed by atoms with Crippen LogP contribution in [-0.4, -0.2) is 40.5 Å². The molecule has 0 aromatic carbocycles. The monoisotopic (exact) mass is 275 g/mol. The van der Waals surface area contributed by atoms with E-state index in [-0.39, 0.29) is 23.1 Å². The Morgan fingerprint density at radius 2 is 2.30 bits per heavy atom. The van der Waals surface area contributed by atoms with E-state index in [4.69, 9.17) is 5.26 Å². The number of nitro groups is 1. The largest absolute Gasteiger partial charge is 0.361 e. The third-order valence-electron chi connectivity index (χ3n) is 3.60. The van der Waals surface area contributed by atoms with Crippen LogP contribution in [-0.2, 0) is 0 Å². The van der Waals surface area contributed by atoms with Crippen molar-refractivity contribution in [1.82, 2.24) is 9.88 Å². The molecule has 20 heavy (non-hydrogen) atoms. The van der Waals surface area contributed by atoms with E-state index in [0.717, 1.165) is 32.5 Å². The van der Waals surface area contributed by atoms with Crippen molar-refractivity contribution >= 4 is 11.5 Å². The fraction of sp³-hybridized carbons (Fsp3) is 0.538. The van der Waals surface area contributed by atoms with E-state index in [0.29, 0.717) is 0 Å². The van der Waals surface area contributed by atoms with E-state index < -0.39 is 4.92 Å². The second-order valence-electron chi connectivity index (χ2n) is 4.78. The van der Waals surface area contributed by atoms with Gasteiger partial charge in [-0.05, 0) is 25.5 Å². The number of nitrogens with one attached hydrogen (secondary N) is 1. The Morgan fingerprint density at radius 1 is 1.60 bits per heavy atom. The summed E-state index contributed by atoms with van der Waals surface area (Å²) in [5, 5.41) is 23.2. The molecular formula is C13H17N5O2. The zero-order valence-electron chi connectivity index (χ0n) is 11.4. The van der Waals surface area contributed by atoms with E-state index in [1.807, 2.05) is 6.07 Å². The summed E-state index contributed by atoms with van der Waals surface area (Å²) >= 11 is 0. The highest BCUT2D eigenvalue weighted by atomic mass is 16.6. The van der Waals surface area contributed by atoms with Crippen molar-refractivity contribution in [2.24, 2.45) is 0 Å². The van der Waals surface area contributed by atoms with Crippen molar-refractivity contribution in [1.29, 1.82) is 5.26 Å². The number of nitrogens with zero attached hydrogens (tertiary/aromatic N) is 4. The number of nitriles is 1. The van der Waals surface area contributed by atoms with Crippen LogP contribution in [0.25, 0.3) is 0 Å². The summed E-state index contributed by atoms with van der Waals surface area (Å²) < 4.78 is 0. The first-order valence-electron chi connectivity index (χ1n) is 6.68. The molecule has 1 fully saturated rings. The van der Waals surface area contributed by atoms with E-state index in [2.05, 4.69) is 22.1 Å².